The number of hydrogen-bond donors (Lipinski definition) is 0. The van der Waals surface area contributed by atoms with E-state index < -0.39 is 37.4 Å². The molecule has 0 saturated carbocycles. The largest absolute Gasteiger partial charge is 0.147 e. The Kier molecular flexibility index (Phi) is 8.84. The Morgan fingerprint density at radius 1 is 0.625 bits per heavy atom. The van der Waals surface area contributed by atoms with Crippen molar-refractivity contribution in [1.29, 1.82) is 0 Å². The van der Waals surface area contributed by atoms with Crippen LogP contribution in [0.5, 0.6) is 0 Å². The topological polar surface area (TPSA) is 0 Å². The third-order valence-electron chi connectivity index (χ3n) is 6.70. The van der Waals surface area contributed by atoms with Crippen molar-refractivity contribution in [3.63, 3.8) is 0 Å². The van der Waals surface area contributed by atoms with Gasteiger partial charge < -0.3 is 0 Å². The molecular weight excluding hydrogens is 543 g/mol. The molecule has 2 aromatic carbocycles. The Labute approximate surface area is 217 Å². The predicted molar refractivity (Wildman–Crippen MR) is 152 cm³/mol. The summed E-state index contributed by atoms with van der Waals surface area (Å²) in [6.07, 6.45) is 5.50. The van der Waals surface area contributed by atoms with Gasteiger partial charge in [0.1, 0.15) is 0 Å². The molecule has 0 nitrogen and oxygen atoms in total. The molecule has 0 radical (unpaired) electrons. The molecule has 0 N–H and O–H groups in total. The molecule has 0 heterocycles. The van der Waals surface area contributed by atoms with Crippen molar-refractivity contribution in [3.05, 3.63) is 82.9 Å². The zero-order valence-corrected chi connectivity index (χ0v) is 26.8. The first kappa shape index (κ1) is 27.9. The van der Waals surface area contributed by atoms with Crippen LogP contribution in [0, 0.1) is 0 Å². The average Bonchev–Trinajstić information content (AvgIpc) is 3.22. The Balaban J connectivity index is 0.00000181. The third kappa shape index (κ3) is 5.03. The molecule has 2 aliphatic carbocycles. The molecule has 0 aromatic heterocycles. The van der Waals surface area contributed by atoms with Crippen LogP contribution in [0.4, 0.5) is 0 Å². The number of halogens is 2. The van der Waals surface area contributed by atoms with Crippen LogP contribution in [0.1, 0.15) is 43.4 Å². The maximum Gasteiger partial charge on any atom is -0.147 e. The van der Waals surface area contributed by atoms with Crippen molar-refractivity contribution in [1.82, 2.24) is 0 Å². The van der Waals surface area contributed by atoms with Crippen LogP contribution >= 0.6 is 24.8 Å². The van der Waals surface area contributed by atoms with Gasteiger partial charge in [0.25, 0.3) is 0 Å². The minimum absolute atomic E-state index is 0. The molecule has 0 fully saturated rings. The van der Waals surface area contributed by atoms with Crippen molar-refractivity contribution in [3.8, 4) is 0 Å². The van der Waals surface area contributed by atoms with E-state index in [1.54, 1.807) is 35.9 Å². The molecule has 0 aliphatic heterocycles. The summed E-state index contributed by atoms with van der Waals surface area (Å²) in [5, 5.41) is 3.39. The minimum Gasteiger partial charge on any atom is -0.147 e. The van der Waals surface area contributed by atoms with Gasteiger partial charge in [-0.25, -0.2) is 0 Å². The summed E-state index contributed by atoms with van der Waals surface area (Å²) in [5.41, 5.74) is 6.42. The van der Waals surface area contributed by atoms with Gasteiger partial charge in [0.15, 0.2) is 0 Å². The summed E-state index contributed by atoms with van der Waals surface area (Å²) in [5.74, 6) is 0. The summed E-state index contributed by atoms with van der Waals surface area (Å²) < 4.78 is 3.09. The van der Waals surface area contributed by atoms with Gasteiger partial charge in [0.2, 0.25) is 0 Å². The average molecular weight is 581 g/mol. The van der Waals surface area contributed by atoms with Crippen LogP contribution in [-0.4, -0.2) is 19.4 Å². The molecular formula is C27H38Cl2Si2Zr. The normalized spacial score (nSPS) is 19.1. The first-order valence-corrected chi connectivity index (χ1v) is 22.4. The maximum absolute atomic E-state index is 2.75. The Morgan fingerprint density at radius 2 is 0.969 bits per heavy atom. The SMILES string of the molecule is C[C](C)=[Zr]([CH]1C=C([Si](C)(C)C)c2ccccc21)[CH]1C=C([Si](C)(C)C)c2ccccc21.Cl.Cl. The van der Waals surface area contributed by atoms with Crippen molar-refractivity contribution < 1.29 is 21.3 Å². The fourth-order valence-electron chi connectivity index (χ4n) is 5.36. The number of fused-ring (bicyclic) bond motifs is 2. The van der Waals surface area contributed by atoms with Crippen molar-refractivity contribution in [2.75, 3.05) is 0 Å². The van der Waals surface area contributed by atoms with E-state index in [2.05, 4.69) is 114 Å². The third-order valence-corrected chi connectivity index (χ3v) is 19.3. The van der Waals surface area contributed by atoms with Crippen LogP contribution < -0.4 is 0 Å². The molecule has 0 saturated heterocycles. The second-order valence-electron chi connectivity index (χ2n) is 11.2. The molecule has 172 valence electrons. The Hall–Kier alpha value is -0.313. The minimum atomic E-state index is -2.05. The summed E-state index contributed by atoms with van der Waals surface area (Å²) in [6.45, 7) is 20.0. The first-order valence-electron chi connectivity index (χ1n) is 11.3. The fraction of sp³-hybridized carbons (Fsp3) is 0.370. The molecule has 4 rings (SSSR count). The molecule has 2 unspecified atom stereocenters. The number of benzene rings is 2. The van der Waals surface area contributed by atoms with E-state index in [1.807, 2.05) is 0 Å². The molecule has 32 heavy (non-hydrogen) atoms. The van der Waals surface area contributed by atoms with Crippen LogP contribution in [-0.2, 0) is 21.3 Å². The summed E-state index contributed by atoms with van der Waals surface area (Å²) in [4.78, 5) is 0. The van der Waals surface area contributed by atoms with Gasteiger partial charge in [0.05, 0.1) is 0 Å². The van der Waals surface area contributed by atoms with E-state index >= 15 is 0 Å². The molecule has 2 atom stereocenters. The first-order chi connectivity index (χ1) is 14.0. The Morgan fingerprint density at radius 3 is 1.28 bits per heavy atom. The van der Waals surface area contributed by atoms with Gasteiger partial charge in [0, 0.05) is 0 Å². The van der Waals surface area contributed by atoms with Gasteiger partial charge >= 0.3 is 194 Å². The molecule has 0 bridgehead atoms. The maximum atomic E-state index is 2.75. The van der Waals surface area contributed by atoms with E-state index in [-0.39, 0.29) is 24.8 Å². The smallest absolute Gasteiger partial charge is 0.147 e. The van der Waals surface area contributed by atoms with Crippen molar-refractivity contribution >= 4 is 54.6 Å². The van der Waals surface area contributed by atoms with Gasteiger partial charge in [-0.2, -0.15) is 0 Å². The van der Waals surface area contributed by atoms with Crippen LogP contribution in [0.2, 0.25) is 39.3 Å². The van der Waals surface area contributed by atoms with Crippen LogP contribution in [0.3, 0.4) is 0 Å². The van der Waals surface area contributed by atoms with Crippen LogP contribution in [0.25, 0.3) is 10.4 Å². The van der Waals surface area contributed by atoms with E-state index in [9.17, 15) is 0 Å². The monoisotopic (exact) mass is 578 g/mol. The van der Waals surface area contributed by atoms with Gasteiger partial charge in [-0.15, -0.1) is 24.8 Å². The van der Waals surface area contributed by atoms with Crippen molar-refractivity contribution in [2.45, 2.75) is 60.4 Å². The summed E-state index contributed by atoms with van der Waals surface area (Å²) in [6, 6.07) is 18.7. The molecule has 0 amide bonds. The molecule has 2 aliphatic rings. The van der Waals surface area contributed by atoms with E-state index in [0.29, 0.717) is 7.25 Å². The predicted octanol–water partition coefficient (Wildman–Crippen LogP) is 8.69. The summed E-state index contributed by atoms with van der Waals surface area (Å²) >= 11 is -2.05. The van der Waals surface area contributed by atoms with E-state index in [1.165, 1.54) is 0 Å². The standard InChI is InChI=1S/2C12H15Si.C3H6.2ClH.Zr/c2*1-13(2,3)12-9-8-10-6-4-5-7-11(10)12;1-3-2;;;/h2*4-9H,1-3H3;1-2H3;2*1H;. The van der Waals surface area contributed by atoms with Crippen molar-refractivity contribution in [2.24, 2.45) is 0 Å². The number of rotatable bonds is 4. The Bertz CT molecular complexity index is 1020. The second kappa shape index (κ2) is 10.1. The van der Waals surface area contributed by atoms with Crippen LogP contribution in [0.15, 0.2) is 60.7 Å². The second-order valence-corrected chi connectivity index (χ2v) is 29.1. The summed E-state index contributed by atoms with van der Waals surface area (Å²) in [7, 11) is -2.76. The zero-order chi connectivity index (χ0) is 21.8. The molecule has 0 spiro atoms. The molecule has 2 aromatic rings. The number of allylic oxidation sites excluding steroid dienone is 2. The van der Waals surface area contributed by atoms with Gasteiger partial charge in [-0.1, -0.05) is 0 Å². The van der Waals surface area contributed by atoms with Gasteiger partial charge in [-0.05, 0) is 0 Å². The van der Waals surface area contributed by atoms with E-state index in [4.69, 9.17) is 0 Å². The zero-order valence-electron chi connectivity index (χ0n) is 20.7. The number of hydrogen-bond acceptors (Lipinski definition) is 0. The quantitative estimate of drug-likeness (QED) is 0.317. The fourth-order valence-corrected chi connectivity index (χ4v) is 18.2. The molecule has 5 heteroatoms. The van der Waals surface area contributed by atoms with Gasteiger partial charge in [-0.3, -0.25) is 0 Å². The van der Waals surface area contributed by atoms with E-state index in [0.717, 1.165) is 0 Å².